The Morgan fingerprint density at radius 2 is 0.692 bits per heavy atom. The Hall–Kier alpha value is -12.6. The summed E-state index contributed by atoms with van der Waals surface area (Å²) in [5.41, 5.74) is 24.2. The average molecular weight is 1620 g/mol. The van der Waals surface area contributed by atoms with Gasteiger partial charge in [-0.2, -0.15) is 0 Å². The first-order valence-electron chi connectivity index (χ1n) is 41.3. The third-order valence-electron chi connectivity index (χ3n) is 21.1. The van der Waals surface area contributed by atoms with Gasteiger partial charge in [-0.25, -0.2) is 41.9 Å². The smallest absolute Gasteiger partial charge is 0.267 e. The van der Waals surface area contributed by atoms with Crippen molar-refractivity contribution in [1.82, 2.24) is 80.1 Å². The molecule has 9 N–H and O–H groups in total. The normalized spacial score (nSPS) is 12.4. The molecule has 14 rings (SSSR count). The molecule has 4 aromatic heterocycles. The van der Waals surface area contributed by atoms with Gasteiger partial charge in [0.1, 0.15) is 23.3 Å². The van der Waals surface area contributed by atoms with Crippen LogP contribution >= 0.6 is 0 Å². The average Bonchev–Trinajstić information content (AvgIpc) is 1.67. The van der Waals surface area contributed by atoms with Crippen LogP contribution in [0.15, 0.2) is 249 Å². The Morgan fingerprint density at radius 1 is 0.350 bits per heavy atom. The summed E-state index contributed by atoms with van der Waals surface area (Å²) in [6, 6.07) is 76.2. The van der Waals surface area contributed by atoms with Crippen LogP contribution in [0.3, 0.4) is 0 Å². The highest BCUT2D eigenvalue weighted by atomic mass is 16.5. The van der Waals surface area contributed by atoms with Crippen LogP contribution in [0.2, 0.25) is 0 Å². The number of likely N-dealkylation sites (N-methyl/N-ethyl adjacent to an activating group) is 1. The Morgan fingerprint density at radius 3 is 1.07 bits per heavy atom. The molecule has 0 radical (unpaired) electrons. The fraction of sp³-hybridized carbons (Fsp3) is 0.271. The molecule has 0 spiro atoms. The minimum absolute atomic E-state index is 0.546. The fourth-order valence-corrected chi connectivity index (χ4v) is 14.9. The minimum Gasteiger partial charge on any atom is -0.327 e. The van der Waals surface area contributed by atoms with E-state index in [2.05, 4.69) is 187 Å². The zero-order valence-electron chi connectivity index (χ0n) is 68.9. The number of nitrogens with one attached hydrogen (secondary N) is 5. The molecule has 0 unspecified atom stereocenters. The third-order valence-corrected chi connectivity index (χ3v) is 21.1. The summed E-state index contributed by atoms with van der Waals surface area (Å²) in [6.07, 6.45) is 19.4. The van der Waals surface area contributed by atoms with Crippen molar-refractivity contribution in [1.29, 1.82) is 0 Å². The maximum absolute atomic E-state index is 11.3. The number of rotatable bonds is 34. The van der Waals surface area contributed by atoms with E-state index in [9.17, 15) is 19.2 Å². The molecule has 1 saturated heterocycles. The van der Waals surface area contributed by atoms with Gasteiger partial charge in [-0.15, -0.1) is 0 Å². The van der Waals surface area contributed by atoms with E-state index in [4.69, 9.17) is 40.8 Å². The van der Waals surface area contributed by atoms with Gasteiger partial charge in [-0.1, -0.05) is 196 Å². The minimum atomic E-state index is -0.563. The second kappa shape index (κ2) is 46.5. The van der Waals surface area contributed by atoms with E-state index in [1.807, 2.05) is 103 Å². The Labute approximate surface area is 701 Å². The lowest BCUT2D eigenvalue weighted by Crippen LogP contribution is -2.32. The molecule has 9 aromatic carbocycles. The molecule has 0 saturated carbocycles. The molecule has 0 bridgehead atoms. The molecule has 24 nitrogen and oxygen atoms in total. The zero-order valence-corrected chi connectivity index (χ0v) is 68.9. The van der Waals surface area contributed by atoms with E-state index in [0.29, 0.717) is 13.1 Å². The summed E-state index contributed by atoms with van der Waals surface area (Å²) in [4.78, 5) is 71.9. The fourth-order valence-electron chi connectivity index (χ4n) is 14.9. The van der Waals surface area contributed by atoms with Gasteiger partial charge in [0.2, 0.25) is 0 Å². The van der Waals surface area contributed by atoms with E-state index in [-0.39, 0.29) is 0 Å². The number of hydroxylamine groups is 4. The number of benzene rings is 9. The van der Waals surface area contributed by atoms with Gasteiger partial charge in [-0.3, -0.25) is 44.9 Å². The van der Waals surface area contributed by atoms with Crippen LogP contribution < -0.4 is 27.2 Å². The van der Waals surface area contributed by atoms with Gasteiger partial charge < -0.3 is 33.4 Å². The molecule has 120 heavy (non-hydrogen) atoms. The van der Waals surface area contributed by atoms with Crippen molar-refractivity contribution in [3.63, 3.8) is 0 Å². The number of hydrogen-bond acceptors (Lipinski definition) is 16. The maximum Gasteiger partial charge on any atom is 0.267 e. The largest absolute Gasteiger partial charge is 0.327 e. The van der Waals surface area contributed by atoms with E-state index in [1.54, 1.807) is 46.2 Å². The molecular weight excluding hydrogens is 1510 g/mol. The third kappa shape index (κ3) is 26.2. The van der Waals surface area contributed by atoms with Crippen LogP contribution in [0.25, 0.3) is 68.4 Å². The Bertz CT molecular complexity index is 5500. The van der Waals surface area contributed by atoms with Crippen molar-refractivity contribution < 1.29 is 40.0 Å². The van der Waals surface area contributed by atoms with Crippen LogP contribution in [0.1, 0.15) is 120 Å². The number of hydrogen-bond donors (Lipinski definition) is 9. The van der Waals surface area contributed by atoms with Crippen LogP contribution in [0.4, 0.5) is 0 Å². The molecule has 24 heteroatoms. The summed E-state index contributed by atoms with van der Waals surface area (Å²) in [5.74, 6) is 1.95. The standard InChI is InChI=1S/C27H28N4O2.C25H30N4O2.C24H30N4O2.C20H22N4O2/c1-2-31-25-15-13-21(14-16-27(32)29-33)17-24(25)28-26(31)20-30(18-22-9-5-3-6-10-22)19-23-11-7-4-8-12-23;30-25(27-31)14-11-21-9-12-23-22(19-21)26-24(13-10-20-7-3-1-4-8-20)29(23)18-17-28-15-5-2-6-16-28;1-3-27(4-2)16-17-28-22-13-10-20(12-15-24(29)26-30)18-21(22)25-23(28)14-11-19-8-6-5-7-9-19;1-2-24-18-10-8-15(9-11-20(25)23-26)12-17(18)22-19(24)14-21-13-16-6-4-3-5-7-16/h3-17,33H,2,18-20H2,1H3,(H,29,32);1,3-4,7-9,11-12,14,19,31H,2,5-6,10,13,15-18H2,(H,27,30);5-10,12-13,15,18,30H,3-4,11,14,16-17H2,1-2H3,(H,26,29);3-12,21,26H,2,13-14H2,1H3,(H,23,25)/b16-14+;14-11+;15-12+;11-9+. The Kier molecular flexibility index (Phi) is 34.2. The van der Waals surface area contributed by atoms with Crippen molar-refractivity contribution in [2.75, 3.05) is 39.3 Å². The number of carbonyl (C=O) groups is 4. The highest BCUT2D eigenvalue weighted by molar-refractivity contribution is 5.94. The van der Waals surface area contributed by atoms with E-state index < -0.39 is 23.6 Å². The van der Waals surface area contributed by atoms with Gasteiger partial charge in [0, 0.05) is 96.0 Å². The number of nitrogens with zero attached hydrogens (tertiary/aromatic N) is 11. The monoisotopic (exact) mass is 1610 g/mol. The maximum atomic E-state index is 11.3. The lowest BCUT2D eigenvalue weighted by Gasteiger charge is -2.26. The van der Waals surface area contributed by atoms with Gasteiger partial charge in [-0.05, 0) is 189 Å². The second-order valence-corrected chi connectivity index (χ2v) is 29.2. The van der Waals surface area contributed by atoms with Crippen molar-refractivity contribution >= 4 is 92.1 Å². The summed E-state index contributed by atoms with van der Waals surface area (Å²) in [5, 5.41) is 38.0. The SMILES string of the molecule is CCN(CC)CCn1c(CCc2ccccc2)nc2cc(/C=C/C(=O)NO)ccc21.CCn1c(CN(Cc2ccccc2)Cc2ccccc2)nc2cc(/C=C/C(=O)NO)ccc21.CCn1c(CNCc2ccccc2)nc2cc(/C=C/C(=O)NO)ccc21.O=C(/C=C/c1ccc2c(c1)nc(CCc1ccccc1)n2CCN1CCCCC1)NO. The van der Waals surface area contributed by atoms with E-state index in [1.165, 1.54) is 84.5 Å². The Balaban J connectivity index is 0.000000157. The summed E-state index contributed by atoms with van der Waals surface area (Å²) >= 11 is 0. The quantitative estimate of drug-likeness (QED) is 0.0103. The van der Waals surface area contributed by atoms with Crippen LogP contribution in [0, 0.1) is 0 Å². The zero-order chi connectivity index (χ0) is 84.2. The van der Waals surface area contributed by atoms with E-state index >= 15 is 0 Å². The number of piperidine rings is 1. The number of imidazole rings is 4. The number of likely N-dealkylation sites (tertiary alicyclic amines) is 1. The topological polar surface area (TPSA) is 290 Å². The molecule has 4 amide bonds. The summed E-state index contributed by atoms with van der Waals surface area (Å²) in [7, 11) is 0. The van der Waals surface area contributed by atoms with Crippen molar-refractivity contribution in [3.8, 4) is 0 Å². The molecule has 1 aliphatic heterocycles. The number of aromatic nitrogens is 8. The summed E-state index contributed by atoms with van der Waals surface area (Å²) < 4.78 is 9.11. The number of aryl methyl sites for hydroxylation is 6. The highest BCUT2D eigenvalue weighted by Crippen LogP contribution is 2.27. The van der Waals surface area contributed by atoms with Gasteiger partial charge in [0.05, 0.1) is 57.2 Å². The molecule has 0 aliphatic carbocycles. The molecule has 1 aliphatic rings. The van der Waals surface area contributed by atoms with Gasteiger partial charge in [0.25, 0.3) is 23.6 Å². The van der Waals surface area contributed by atoms with E-state index in [0.717, 1.165) is 187 Å². The number of fused-ring (bicyclic) bond motifs is 4. The van der Waals surface area contributed by atoms with Crippen LogP contribution in [0.5, 0.6) is 0 Å². The summed E-state index contributed by atoms with van der Waals surface area (Å²) in [6.45, 7) is 22.4. The number of carbonyl (C=O) groups excluding carboxylic acids is 4. The van der Waals surface area contributed by atoms with Gasteiger partial charge >= 0.3 is 0 Å². The van der Waals surface area contributed by atoms with Crippen molar-refractivity contribution in [2.24, 2.45) is 0 Å². The first-order valence-corrected chi connectivity index (χ1v) is 41.3. The molecule has 13 aromatic rings. The molecular formula is C96H110N16O8. The molecule has 5 heterocycles. The van der Waals surface area contributed by atoms with Crippen LogP contribution in [-0.4, -0.2) is 137 Å². The lowest BCUT2D eigenvalue weighted by molar-refractivity contribution is -0.124. The second-order valence-electron chi connectivity index (χ2n) is 29.2. The number of amides is 4. The van der Waals surface area contributed by atoms with Crippen LogP contribution in [-0.2, 0) is 104 Å². The van der Waals surface area contributed by atoms with Crippen molar-refractivity contribution in [3.05, 3.63) is 322 Å². The predicted octanol–water partition coefficient (Wildman–Crippen LogP) is 15.1. The molecule has 622 valence electrons. The highest BCUT2D eigenvalue weighted by Gasteiger charge is 2.20. The predicted molar refractivity (Wildman–Crippen MR) is 475 cm³/mol. The molecule has 0 atom stereocenters. The first kappa shape index (κ1) is 88.2. The van der Waals surface area contributed by atoms with Crippen molar-refractivity contribution in [2.45, 2.75) is 132 Å². The van der Waals surface area contributed by atoms with Gasteiger partial charge in [0.15, 0.2) is 0 Å². The molecule has 1 fully saturated rings. The first-order chi connectivity index (χ1) is 58.7. The lowest BCUT2D eigenvalue weighted by atomic mass is 10.1.